The molecule has 2 rings (SSSR count). The highest BCUT2D eigenvalue weighted by atomic mass is 32.2. The first-order chi connectivity index (χ1) is 10.8. The van der Waals surface area contributed by atoms with E-state index in [4.69, 9.17) is 9.15 Å². The number of rotatable bonds is 5. The standard InChI is InChI=1S/C14H16N2O6S/c1-8-12(14(17)21-4)13(9(2)22-8)23(18,19)16-10-5-6-11(20-3)15-7-10/h5-7,16H,1-4H3. The van der Waals surface area contributed by atoms with Gasteiger partial charge in [0.1, 0.15) is 22.0 Å². The normalized spacial score (nSPS) is 11.1. The van der Waals surface area contributed by atoms with E-state index in [-0.39, 0.29) is 27.7 Å². The number of hydrogen-bond donors (Lipinski definition) is 1. The Bertz CT molecular complexity index is 824. The molecule has 2 aromatic rings. The number of ether oxygens (including phenoxy) is 2. The summed E-state index contributed by atoms with van der Waals surface area (Å²) in [4.78, 5) is 15.5. The molecule has 0 fully saturated rings. The van der Waals surface area contributed by atoms with Gasteiger partial charge in [-0.05, 0) is 19.9 Å². The second-order valence-corrected chi connectivity index (χ2v) is 6.22. The van der Waals surface area contributed by atoms with Crippen molar-refractivity contribution in [2.75, 3.05) is 18.9 Å². The quantitative estimate of drug-likeness (QED) is 0.828. The summed E-state index contributed by atoms with van der Waals surface area (Å²) in [5.41, 5.74) is 0.0961. The minimum absolute atomic E-state index is 0.0943. The minimum Gasteiger partial charge on any atom is -0.481 e. The van der Waals surface area contributed by atoms with Crippen molar-refractivity contribution in [3.63, 3.8) is 0 Å². The highest BCUT2D eigenvalue weighted by Crippen LogP contribution is 2.29. The van der Waals surface area contributed by atoms with Crippen LogP contribution in [0, 0.1) is 13.8 Å². The van der Waals surface area contributed by atoms with Gasteiger partial charge in [-0.1, -0.05) is 0 Å². The number of carbonyl (C=O) groups is 1. The number of carbonyl (C=O) groups excluding carboxylic acids is 1. The predicted octanol–water partition coefficient (Wildman–Crippen LogP) is 1.89. The summed E-state index contributed by atoms with van der Waals surface area (Å²) in [6.07, 6.45) is 1.30. The second kappa shape index (κ2) is 6.29. The van der Waals surface area contributed by atoms with E-state index in [0.717, 1.165) is 0 Å². The maximum absolute atomic E-state index is 12.6. The average molecular weight is 340 g/mol. The number of aryl methyl sites for hydroxylation is 2. The number of methoxy groups -OCH3 is 2. The third-order valence-electron chi connectivity index (χ3n) is 3.06. The van der Waals surface area contributed by atoms with Crippen molar-refractivity contribution in [2.45, 2.75) is 18.7 Å². The molecule has 2 aromatic heterocycles. The zero-order valence-electron chi connectivity index (χ0n) is 13.0. The fraction of sp³-hybridized carbons (Fsp3) is 0.286. The first-order valence-electron chi connectivity index (χ1n) is 6.51. The van der Waals surface area contributed by atoms with Gasteiger partial charge >= 0.3 is 5.97 Å². The SMILES string of the molecule is COC(=O)c1c(C)oc(C)c1S(=O)(=O)Nc1ccc(OC)nc1. The van der Waals surface area contributed by atoms with E-state index in [2.05, 4.69) is 14.4 Å². The van der Waals surface area contributed by atoms with Crippen LogP contribution in [0.3, 0.4) is 0 Å². The molecule has 0 bridgehead atoms. The Labute approximate surface area is 133 Å². The molecule has 0 spiro atoms. The summed E-state index contributed by atoms with van der Waals surface area (Å²) >= 11 is 0. The molecule has 0 saturated carbocycles. The summed E-state index contributed by atoms with van der Waals surface area (Å²) in [6, 6.07) is 3.00. The Hall–Kier alpha value is -2.55. The van der Waals surface area contributed by atoms with Gasteiger partial charge in [-0.25, -0.2) is 18.2 Å². The molecular formula is C14H16N2O6S. The molecule has 0 amide bonds. The number of esters is 1. The van der Waals surface area contributed by atoms with Crippen molar-refractivity contribution < 1.29 is 27.1 Å². The van der Waals surface area contributed by atoms with Crippen LogP contribution in [-0.4, -0.2) is 33.6 Å². The van der Waals surface area contributed by atoms with Crippen molar-refractivity contribution in [2.24, 2.45) is 0 Å². The second-order valence-electron chi connectivity index (χ2n) is 4.60. The van der Waals surface area contributed by atoms with Crippen LogP contribution < -0.4 is 9.46 Å². The van der Waals surface area contributed by atoms with E-state index < -0.39 is 16.0 Å². The number of aromatic nitrogens is 1. The van der Waals surface area contributed by atoms with Crippen LogP contribution in [0.15, 0.2) is 27.6 Å². The highest BCUT2D eigenvalue weighted by Gasteiger charge is 2.31. The fourth-order valence-electron chi connectivity index (χ4n) is 2.09. The van der Waals surface area contributed by atoms with Gasteiger partial charge in [0.15, 0.2) is 0 Å². The van der Waals surface area contributed by atoms with Crippen LogP contribution in [-0.2, 0) is 14.8 Å². The number of furan rings is 1. The van der Waals surface area contributed by atoms with E-state index in [9.17, 15) is 13.2 Å². The smallest absolute Gasteiger partial charge is 0.342 e. The van der Waals surface area contributed by atoms with E-state index in [1.807, 2.05) is 0 Å². The lowest BCUT2D eigenvalue weighted by Crippen LogP contribution is -2.17. The van der Waals surface area contributed by atoms with E-state index in [1.54, 1.807) is 0 Å². The summed E-state index contributed by atoms with van der Waals surface area (Å²) in [6.45, 7) is 2.95. The molecule has 0 aliphatic carbocycles. The molecule has 1 N–H and O–H groups in total. The third kappa shape index (κ3) is 3.29. The largest absolute Gasteiger partial charge is 0.481 e. The Morgan fingerprint density at radius 2 is 1.91 bits per heavy atom. The molecule has 0 saturated heterocycles. The minimum atomic E-state index is -4.05. The molecule has 2 heterocycles. The van der Waals surface area contributed by atoms with Gasteiger partial charge in [0.2, 0.25) is 5.88 Å². The van der Waals surface area contributed by atoms with Crippen LogP contribution in [0.1, 0.15) is 21.9 Å². The van der Waals surface area contributed by atoms with Gasteiger partial charge in [-0.3, -0.25) is 4.72 Å². The first kappa shape index (κ1) is 16.8. The molecule has 8 nitrogen and oxygen atoms in total. The number of nitrogens with one attached hydrogen (secondary N) is 1. The topological polar surface area (TPSA) is 108 Å². The van der Waals surface area contributed by atoms with E-state index >= 15 is 0 Å². The fourth-order valence-corrected chi connectivity index (χ4v) is 3.54. The van der Waals surface area contributed by atoms with Gasteiger partial charge in [-0.2, -0.15) is 0 Å². The number of nitrogens with zero attached hydrogens (tertiary/aromatic N) is 1. The van der Waals surface area contributed by atoms with Crippen molar-refractivity contribution in [3.05, 3.63) is 35.4 Å². The van der Waals surface area contributed by atoms with Gasteiger partial charge in [-0.15, -0.1) is 0 Å². The molecule has 0 aliphatic heterocycles. The number of hydrogen-bond acceptors (Lipinski definition) is 7. The highest BCUT2D eigenvalue weighted by molar-refractivity contribution is 7.92. The lowest BCUT2D eigenvalue weighted by Gasteiger charge is -2.09. The average Bonchev–Trinajstić information content (AvgIpc) is 2.82. The monoisotopic (exact) mass is 340 g/mol. The Morgan fingerprint density at radius 3 is 2.43 bits per heavy atom. The molecule has 0 radical (unpaired) electrons. The predicted molar refractivity (Wildman–Crippen MR) is 81.1 cm³/mol. The summed E-state index contributed by atoms with van der Waals surface area (Å²) in [5, 5.41) is 0. The summed E-state index contributed by atoms with van der Waals surface area (Å²) < 4.78 is 42.3. The lowest BCUT2D eigenvalue weighted by molar-refractivity contribution is 0.0595. The van der Waals surface area contributed by atoms with Crippen molar-refractivity contribution >= 4 is 21.7 Å². The Morgan fingerprint density at radius 1 is 1.22 bits per heavy atom. The first-order valence-corrected chi connectivity index (χ1v) is 7.99. The molecule has 0 aliphatic rings. The van der Waals surface area contributed by atoms with Crippen LogP contribution in [0.2, 0.25) is 0 Å². The molecule has 0 aromatic carbocycles. The number of sulfonamides is 1. The molecule has 124 valence electrons. The number of pyridine rings is 1. The Balaban J connectivity index is 2.45. The number of anilines is 1. The van der Waals surface area contributed by atoms with Crippen LogP contribution >= 0.6 is 0 Å². The van der Waals surface area contributed by atoms with Gasteiger partial charge in [0, 0.05) is 6.07 Å². The molecule has 0 atom stereocenters. The van der Waals surface area contributed by atoms with Crippen molar-refractivity contribution in [3.8, 4) is 5.88 Å². The maximum atomic E-state index is 12.6. The molecule has 0 unspecified atom stereocenters. The van der Waals surface area contributed by atoms with Crippen LogP contribution in [0.25, 0.3) is 0 Å². The van der Waals surface area contributed by atoms with Gasteiger partial charge < -0.3 is 13.9 Å². The van der Waals surface area contributed by atoms with Gasteiger partial charge in [0.05, 0.1) is 26.1 Å². The molecule has 23 heavy (non-hydrogen) atoms. The third-order valence-corrected chi connectivity index (χ3v) is 4.59. The van der Waals surface area contributed by atoms with Crippen molar-refractivity contribution in [1.29, 1.82) is 0 Å². The van der Waals surface area contributed by atoms with Crippen LogP contribution in [0.5, 0.6) is 5.88 Å². The van der Waals surface area contributed by atoms with Crippen LogP contribution in [0.4, 0.5) is 5.69 Å². The zero-order valence-corrected chi connectivity index (χ0v) is 13.9. The lowest BCUT2D eigenvalue weighted by atomic mass is 10.2. The zero-order chi connectivity index (χ0) is 17.2. The molecule has 9 heteroatoms. The maximum Gasteiger partial charge on any atom is 0.342 e. The molecular weight excluding hydrogens is 324 g/mol. The van der Waals surface area contributed by atoms with E-state index in [1.165, 1.54) is 46.4 Å². The Kier molecular flexibility index (Phi) is 4.60. The summed E-state index contributed by atoms with van der Waals surface area (Å²) in [5.74, 6) is -0.175. The van der Waals surface area contributed by atoms with Gasteiger partial charge in [0.25, 0.3) is 10.0 Å². The van der Waals surface area contributed by atoms with E-state index in [0.29, 0.717) is 5.88 Å². The van der Waals surface area contributed by atoms with Crippen molar-refractivity contribution in [1.82, 2.24) is 4.98 Å². The summed E-state index contributed by atoms with van der Waals surface area (Å²) in [7, 11) is -1.44.